The van der Waals surface area contributed by atoms with Gasteiger partial charge in [-0.15, -0.1) is 8.78 Å². The molecular formula is C5H4F3N3O9. The van der Waals surface area contributed by atoms with Gasteiger partial charge in [0, 0.05) is 0 Å². The number of nitro groups is 3. The molecule has 0 radical (unpaired) electrons. The first-order chi connectivity index (χ1) is 8.85. The zero-order chi connectivity index (χ0) is 16.3. The maximum absolute atomic E-state index is 13.3. The highest BCUT2D eigenvalue weighted by Gasteiger charge is 2.68. The molecule has 0 rings (SSSR count). The fourth-order valence-electron chi connectivity index (χ4n) is 0.926. The minimum absolute atomic E-state index is 2.25. The lowest BCUT2D eigenvalue weighted by Gasteiger charge is -2.18. The van der Waals surface area contributed by atoms with E-state index in [4.69, 9.17) is 5.11 Å². The number of alkyl halides is 3. The molecule has 0 fully saturated rings. The Morgan fingerprint density at radius 3 is 1.75 bits per heavy atom. The predicted molar refractivity (Wildman–Crippen MR) is 47.3 cm³/mol. The molecule has 0 aliphatic rings. The van der Waals surface area contributed by atoms with E-state index in [0.29, 0.717) is 0 Å². The molecule has 1 unspecified atom stereocenters. The molecule has 0 aromatic rings. The van der Waals surface area contributed by atoms with Gasteiger partial charge in [0.1, 0.15) is 9.85 Å². The Morgan fingerprint density at radius 2 is 1.50 bits per heavy atom. The maximum atomic E-state index is 13.3. The van der Waals surface area contributed by atoms with Crippen molar-refractivity contribution in [1.29, 1.82) is 0 Å². The molecule has 0 aliphatic carbocycles. The van der Waals surface area contributed by atoms with Crippen LogP contribution in [0.1, 0.15) is 6.42 Å². The largest absolute Gasteiger partial charge is 0.618 e. The quantitative estimate of drug-likeness (QED) is 0.230. The predicted octanol–water partition coefficient (Wildman–Crippen LogP) is 0.486. The summed E-state index contributed by atoms with van der Waals surface area (Å²) < 4.78 is 42.4. The molecule has 0 amide bonds. The van der Waals surface area contributed by atoms with Crippen LogP contribution in [0.5, 0.6) is 0 Å². The van der Waals surface area contributed by atoms with Crippen LogP contribution < -0.4 is 0 Å². The third kappa shape index (κ3) is 3.39. The Morgan fingerprint density at radius 1 is 1.10 bits per heavy atom. The maximum Gasteiger partial charge on any atom is 0.618 e. The average molecular weight is 307 g/mol. The van der Waals surface area contributed by atoms with Crippen LogP contribution in [-0.4, -0.2) is 44.1 Å². The monoisotopic (exact) mass is 307 g/mol. The van der Waals surface area contributed by atoms with Gasteiger partial charge >= 0.3 is 18.1 Å². The van der Waals surface area contributed by atoms with Crippen molar-refractivity contribution in [3.8, 4) is 0 Å². The number of hydrogen-bond donors (Lipinski definition) is 1. The van der Waals surface area contributed by atoms with Crippen LogP contribution in [0.15, 0.2) is 0 Å². The van der Waals surface area contributed by atoms with Gasteiger partial charge in [0.05, 0.1) is 4.92 Å². The van der Waals surface area contributed by atoms with Gasteiger partial charge in [0.2, 0.25) is 0 Å². The van der Waals surface area contributed by atoms with E-state index in [1.54, 1.807) is 0 Å². The van der Waals surface area contributed by atoms with Crippen LogP contribution in [0.25, 0.3) is 0 Å². The first-order valence-corrected chi connectivity index (χ1v) is 4.25. The SMILES string of the molecule is O=C(O)OC(CC(F)([N+](=O)[O-])[N+](=O)[O-])C(F)(F)[N+](=O)[O-]. The van der Waals surface area contributed by atoms with Gasteiger partial charge in [0.15, 0.2) is 6.42 Å². The van der Waals surface area contributed by atoms with Crippen molar-refractivity contribution in [2.75, 3.05) is 0 Å². The van der Waals surface area contributed by atoms with E-state index < -0.39 is 45.4 Å². The second kappa shape index (κ2) is 5.49. The van der Waals surface area contributed by atoms with Gasteiger partial charge in [-0.1, -0.05) is 4.39 Å². The van der Waals surface area contributed by atoms with Gasteiger partial charge in [-0.2, -0.15) is 0 Å². The minimum atomic E-state index is -5.30. The van der Waals surface area contributed by atoms with E-state index in [-0.39, 0.29) is 0 Å². The highest BCUT2D eigenvalue weighted by molar-refractivity contribution is 5.57. The molecule has 0 heterocycles. The van der Waals surface area contributed by atoms with Crippen molar-refractivity contribution in [2.24, 2.45) is 0 Å². The Hall–Kier alpha value is -2.74. The molecule has 0 spiro atoms. The van der Waals surface area contributed by atoms with Crippen LogP contribution in [0, 0.1) is 30.3 Å². The third-order valence-corrected chi connectivity index (χ3v) is 1.88. The minimum Gasteiger partial charge on any atom is -0.450 e. The molecule has 114 valence electrons. The third-order valence-electron chi connectivity index (χ3n) is 1.88. The molecule has 12 nitrogen and oxygen atoms in total. The normalized spacial score (nSPS) is 13.3. The number of nitrogens with zero attached hydrogens (tertiary/aromatic N) is 3. The Labute approximate surface area is 105 Å². The topological polar surface area (TPSA) is 176 Å². The molecule has 0 saturated carbocycles. The van der Waals surface area contributed by atoms with Crippen molar-refractivity contribution in [3.63, 3.8) is 0 Å². The zero-order valence-corrected chi connectivity index (χ0v) is 8.97. The van der Waals surface area contributed by atoms with E-state index >= 15 is 0 Å². The zero-order valence-electron chi connectivity index (χ0n) is 8.97. The van der Waals surface area contributed by atoms with Crippen molar-refractivity contribution >= 4 is 6.16 Å². The lowest BCUT2D eigenvalue weighted by molar-refractivity contribution is -0.835. The summed E-state index contributed by atoms with van der Waals surface area (Å²) in [5.74, 6) is -4.78. The Balaban J connectivity index is 5.58. The van der Waals surface area contributed by atoms with Crippen molar-refractivity contribution < 1.29 is 42.6 Å². The van der Waals surface area contributed by atoms with E-state index in [0.717, 1.165) is 0 Å². The summed E-state index contributed by atoms with van der Waals surface area (Å²) in [5.41, 5.74) is 0. The summed E-state index contributed by atoms with van der Waals surface area (Å²) in [6, 6.07) is -5.30. The summed E-state index contributed by atoms with van der Waals surface area (Å²) >= 11 is 0. The molecule has 1 atom stereocenters. The van der Waals surface area contributed by atoms with E-state index in [1.807, 2.05) is 0 Å². The van der Waals surface area contributed by atoms with Crippen LogP contribution >= 0.6 is 0 Å². The molecule has 0 bridgehead atoms. The molecule has 0 saturated heterocycles. The average Bonchev–Trinajstić information content (AvgIpc) is 2.26. The highest BCUT2D eigenvalue weighted by Crippen LogP contribution is 2.31. The summed E-state index contributed by atoms with van der Waals surface area (Å²) in [5, 5.41) is 38.4. The second-order valence-electron chi connectivity index (χ2n) is 3.15. The summed E-state index contributed by atoms with van der Waals surface area (Å²) in [6.07, 6.45) is -8.63. The second-order valence-corrected chi connectivity index (χ2v) is 3.15. The Bertz CT molecular complexity index is 440. The van der Waals surface area contributed by atoms with E-state index in [1.165, 1.54) is 0 Å². The lowest BCUT2D eigenvalue weighted by atomic mass is 10.1. The standard InChI is InChI=1S/C5H4F3N3O9/c6-4(9(14)15,10(16)17)1-2(20-3(12)13)5(7,8)11(18)19/h2H,1H2,(H,12,13). The highest BCUT2D eigenvalue weighted by atomic mass is 19.3. The van der Waals surface area contributed by atoms with Crippen molar-refractivity contribution in [1.82, 2.24) is 0 Å². The van der Waals surface area contributed by atoms with Crippen LogP contribution in [0.4, 0.5) is 18.0 Å². The molecule has 0 aromatic carbocycles. The van der Waals surface area contributed by atoms with Crippen molar-refractivity contribution in [3.05, 3.63) is 30.3 Å². The number of ether oxygens (including phenoxy) is 1. The molecule has 15 heteroatoms. The smallest absolute Gasteiger partial charge is 0.450 e. The van der Waals surface area contributed by atoms with E-state index in [9.17, 15) is 48.3 Å². The molecule has 0 aromatic heterocycles. The number of carboxylic acid groups (broad SMARTS) is 1. The number of hydrogen-bond acceptors (Lipinski definition) is 8. The van der Waals surface area contributed by atoms with Crippen molar-refractivity contribution in [2.45, 2.75) is 24.5 Å². The van der Waals surface area contributed by atoms with Gasteiger partial charge < -0.3 is 9.84 Å². The molecular weight excluding hydrogens is 303 g/mol. The Kier molecular flexibility index (Phi) is 4.74. The van der Waals surface area contributed by atoms with Gasteiger partial charge in [-0.05, 0) is 0 Å². The fourth-order valence-corrected chi connectivity index (χ4v) is 0.926. The molecule has 0 aliphatic heterocycles. The van der Waals surface area contributed by atoms with Gasteiger partial charge in [-0.25, -0.2) is 4.79 Å². The van der Waals surface area contributed by atoms with Crippen LogP contribution in [0.3, 0.4) is 0 Å². The number of rotatable bonds is 7. The van der Waals surface area contributed by atoms with Gasteiger partial charge in [0.25, 0.3) is 6.10 Å². The van der Waals surface area contributed by atoms with Crippen LogP contribution in [0.2, 0.25) is 0 Å². The lowest BCUT2D eigenvalue weighted by Crippen LogP contribution is -2.52. The summed E-state index contributed by atoms with van der Waals surface area (Å²) in [7, 11) is 0. The first-order valence-electron chi connectivity index (χ1n) is 4.25. The molecule has 1 N–H and O–H groups in total. The number of halogens is 3. The summed E-state index contributed by atoms with van der Waals surface area (Å²) in [4.78, 5) is 33.4. The van der Waals surface area contributed by atoms with Crippen LogP contribution in [-0.2, 0) is 4.74 Å². The first kappa shape index (κ1) is 17.3. The fraction of sp³-hybridized carbons (Fsp3) is 0.800. The summed E-state index contributed by atoms with van der Waals surface area (Å²) in [6.45, 7) is 0. The van der Waals surface area contributed by atoms with Gasteiger partial charge in [-0.3, -0.25) is 30.3 Å². The van der Waals surface area contributed by atoms with E-state index in [2.05, 4.69) is 4.74 Å². The molecule has 20 heavy (non-hydrogen) atoms. The number of carbonyl (C=O) groups is 1.